The minimum absolute atomic E-state index is 0.0158. The monoisotopic (exact) mass is 510 g/mol. The largest absolute Gasteiger partial charge is 0.481 e. The van der Waals surface area contributed by atoms with Crippen molar-refractivity contribution in [2.45, 2.75) is 84.0 Å². The summed E-state index contributed by atoms with van der Waals surface area (Å²) in [6.07, 6.45) is 3.15. The molecule has 3 amide bonds. The zero-order chi connectivity index (χ0) is 27.4. The highest BCUT2D eigenvalue weighted by Crippen LogP contribution is 2.11. The number of H-pyrrole nitrogens is 1. The highest BCUT2D eigenvalue weighted by atomic mass is 16.4. The molecule has 13 nitrogen and oxygen atoms in total. The van der Waals surface area contributed by atoms with Crippen molar-refractivity contribution in [2.24, 2.45) is 17.6 Å². The van der Waals surface area contributed by atoms with Crippen LogP contribution in [0.3, 0.4) is 0 Å². The number of nitrogens with two attached hydrogens (primary N) is 1. The Balaban J connectivity index is 3.00. The first-order valence-electron chi connectivity index (χ1n) is 11.9. The summed E-state index contributed by atoms with van der Waals surface area (Å²) in [5, 5.41) is 26.0. The molecule has 0 saturated carbocycles. The maximum atomic E-state index is 13.1. The summed E-state index contributed by atoms with van der Waals surface area (Å²) < 4.78 is 0. The molecule has 0 spiro atoms. The fourth-order valence-electron chi connectivity index (χ4n) is 3.45. The third-order valence-electron chi connectivity index (χ3n) is 5.73. The van der Waals surface area contributed by atoms with Gasteiger partial charge in [0.2, 0.25) is 17.7 Å². The number of carboxylic acid groups (broad SMARTS) is 2. The Kier molecular flexibility index (Phi) is 12.6. The first-order valence-corrected chi connectivity index (χ1v) is 11.9. The molecule has 36 heavy (non-hydrogen) atoms. The predicted molar refractivity (Wildman–Crippen MR) is 129 cm³/mol. The van der Waals surface area contributed by atoms with Gasteiger partial charge in [0, 0.05) is 24.7 Å². The van der Waals surface area contributed by atoms with Gasteiger partial charge in [-0.1, -0.05) is 34.1 Å². The van der Waals surface area contributed by atoms with Gasteiger partial charge in [-0.15, -0.1) is 0 Å². The summed E-state index contributed by atoms with van der Waals surface area (Å²) in [6, 6.07) is -4.54. The summed E-state index contributed by atoms with van der Waals surface area (Å²) >= 11 is 0. The van der Waals surface area contributed by atoms with Gasteiger partial charge in [-0.3, -0.25) is 19.2 Å². The van der Waals surface area contributed by atoms with Crippen LogP contribution in [0.25, 0.3) is 0 Å². The number of nitrogens with one attached hydrogen (secondary N) is 4. The number of imidazole rings is 1. The molecule has 0 aliphatic rings. The standard InChI is InChI=1S/C23H38N6O7/c1-5-13(4)19(23(35)36)29-21(33)16(6-7-18(30)31)27-22(34)17(8-12(2)3)28-20(32)15(24)9-14-10-25-11-26-14/h10-13,15-17,19H,5-9,24H2,1-4H3,(H,25,26)(H,27,34)(H,28,32)(H,29,33)(H,30,31)(H,35,36). The van der Waals surface area contributed by atoms with E-state index in [9.17, 15) is 29.1 Å². The first-order chi connectivity index (χ1) is 16.8. The van der Waals surface area contributed by atoms with Gasteiger partial charge < -0.3 is 36.9 Å². The molecule has 0 aliphatic carbocycles. The molecule has 1 aromatic heterocycles. The van der Waals surface area contributed by atoms with Crippen LogP contribution in [0.1, 0.15) is 59.1 Å². The van der Waals surface area contributed by atoms with Gasteiger partial charge in [0.1, 0.15) is 18.1 Å². The Hall–Kier alpha value is -3.48. The number of nitrogens with zero attached hydrogens (tertiary/aromatic N) is 1. The van der Waals surface area contributed by atoms with E-state index in [0.29, 0.717) is 12.1 Å². The molecule has 5 unspecified atom stereocenters. The molecule has 0 aliphatic heterocycles. The molecular weight excluding hydrogens is 472 g/mol. The van der Waals surface area contributed by atoms with E-state index in [2.05, 4.69) is 25.9 Å². The van der Waals surface area contributed by atoms with E-state index in [-0.39, 0.29) is 25.2 Å². The fraction of sp³-hybridized carbons (Fsp3) is 0.652. The smallest absolute Gasteiger partial charge is 0.326 e. The normalized spacial score (nSPS) is 15.3. The van der Waals surface area contributed by atoms with Crippen molar-refractivity contribution in [3.63, 3.8) is 0 Å². The average molecular weight is 511 g/mol. The summed E-state index contributed by atoms with van der Waals surface area (Å²) in [5.41, 5.74) is 6.61. The Bertz CT molecular complexity index is 890. The SMILES string of the molecule is CCC(C)C(NC(=O)C(CCC(=O)O)NC(=O)C(CC(C)C)NC(=O)C(N)Cc1cnc[nH]1)C(=O)O. The molecule has 1 rings (SSSR count). The van der Waals surface area contributed by atoms with E-state index in [1.165, 1.54) is 12.5 Å². The van der Waals surface area contributed by atoms with Crippen LogP contribution in [-0.4, -0.2) is 74.0 Å². The minimum atomic E-state index is -1.32. The molecule has 0 saturated heterocycles. The zero-order valence-corrected chi connectivity index (χ0v) is 21.1. The predicted octanol–water partition coefficient (Wildman–Crippen LogP) is -0.224. The second-order valence-corrected chi connectivity index (χ2v) is 9.28. The maximum absolute atomic E-state index is 13.1. The summed E-state index contributed by atoms with van der Waals surface area (Å²) in [6.45, 7) is 7.11. The van der Waals surface area contributed by atoms with Crippen LogP contribution in [-0.2, 0) is 30.4 Å². The zero-order valence-electron chi connectivity index (χ0n) is 21.1. The van der Waals surface area contributed by atoms with E-state index < -0.39 is 66.2 Å². The molecular formula is C23H38N6O7. The van der Waals surface area contributed by atoms with Crippen molar-refractivity contribution in [3.8, 4) is 0 Å². The van der Waals surface area contributed by atoms with Crippen LogP contribution in [0, 0.1) is 11.8 Å². The second kappa shape index (κ2) is 14.8. The third-order valence-corrected chi connectivity index (χ3v) is 5.73. The molecule has 1 heterocycles. The molecule has 202 valence electrons. The van der Waals surface area contributed by atoms with E-state index in [1.807, 2.05) is 13.8 Å². The molecule has 0 aromatic carbocycles. The lowest BCUT2D eigenvalue weighted by molar-refractivity contribution is -0.144. The Morgan fingerprint density at radius 3 is 2.11 bits per heavy atom. The van der Waals surface area contributed by atoms with Crippen molar-refractivity contribution in [1.29, 1.82) is 0 Å². The van der Waals surface area contributed by atoms with Crippen molar-refractivity contribution in [1.82, 2.24) is 25.9 Å². The molecule has 0 fully saturated rings. The number of hydrogen-bond acceptors (Lipinski definition) is 7. The molecule has 8 N–H and O–H groups in total. The number of amides is 3. The first kappa shape index (κ1) is 30.6. The Labute approximate surface area is 210 Å². The van der Waals surface area contributed by atoms with E-state index in [0.717, 1.165) is 0 Å². The van der Waals surface area contributed by atoms with Crippen LogP contribution in [0.2, 0.25) is 0 Å². The van der Waals surface area contributed by atoms with Crippen LogP contribution < -0.4 is 21.7 Å². The molecule has 0 radical (unpaired) electrons. The fourth-order valence-corrected chi connectivity index (χ4v) is 3.45. The van der Waals surface area contributed by atoms with Crippen molar-refractivity contribution in [3.05, 3.63) is 18.2 Å². The summed E-state index contributed by atoms with van der Waals surface area (Å²) in [4.78, 5) is 68.1. The minimum Gasteiger partial charge on any atom is -0.481 e. The topological polar surface area (TPSA) is 217 Å². The van der Waals surface area contributed by atoms with E-state index in [1.54, 1.807) is 13.8 Å². The van der Waals surface area contributed by atoms with Gasteiger partial charge in [0.15, 0.2) is 0 Å². The lowest BCUT2D eigenvalue weighted by atomic mass is 9.98. The number of carbonyl (C=O) groups is 5. The Morgan fingerprint density at radius 1 is 1.00 bits per heavy atom. The average Bonchev–Trinajstić information content (AvgIpc) is 3.31. The van der Waals surface area contributed by atoms with Crippen LogP contribution in [0.5, 0.6) is 0 Å². The molecule has 1 aromatic rings. The molecule has 5 atom stereocenters. The summed E-state index contributed by atoms with van der Waals surface area (Å²) in [7, 11) is 0. The van der Waals surface area contributed by atoms with Gasteiger partial charge in [-0.2, -0.15) is 0 Å². The quantitative estimate of drug-likeness (QED) is 0.156. The van der Waals surface area contributed by atoms with Gasteiger partial charge in [-0.25, -0.2) is 9.78 Å². The molecule has 13 heteroatoms. The molecule has 0 bridgehead atoms. The van der Waals surface area contributed by atoms with Crippen molar-refractivity contribution >= 4 is 29.7 Å². The highest BCUT2D eigenvalue weighted by Gasteiger charge is 2.32. The van der Waals surface area contributed by atoms with Gasteiger partial charge >= 0.3 is 11.9 Å². The number of hydrogen-bond donors (Lipinski definition) is 7. The van der Waals surface area contributed by atoms with E-state index in [4.69, 9.17) is 10.8 Å². The van der Waals surface area contributed by atoms with Crippen molar-refractivity contribution in [2.75, 3.05) is 0 Å². The number of carbonyl (C=O) groups excluding carboxylic acids is 3. The van der Waals surface area contributed by atoms with Crippen LogP contribution in [0.4, 0.5) is 0 Å². The van der Waals surface area contributed by atoms with Gasteiger partial charge in [0.25, 0.3) is 0 Å². The maximum Gasteiger partial charge on any atom is 0.326 e. The highest BCUT2D eigenvalue weighted by molar-refractivity contribution is 5.94. The van der Waals surface area contributed by atoms with E-state index >= 15 is 0 Å². The number of aromatic nitrogens is 2. The van der Waals surface area contributed by atoms with Crippen LogP contribution >= 0.6 is 0 Å². The third kappa shape index (κ3) is 10.4. The lowest BCUT2D eigenvalue weighted by Gasteiger charge is -2.27. The summed E-state index contributed by atoms with van der Waals surface area (Å²) in [5.74, 6) is -4.94. The number of aromatic amines is 1. The number of carboxylic acids is 2. The lowest BCUT2D eigenvalue weighted by Crippen LogP contribution is -2.58. The number of aliphatic carboxylic acids is 2. The van der Waals surface area contributed by atoms with Gasteiger partial charge in [-0.05, 0) is 24.7 Å². The van der Waals surface area contributed by atoms with Crippen LogP contribution in [0.15, 0.2) is 12.5 Å². The van der Waals surface area contributed by atoms with Gasteiger partial charge in [0.05, 0.1) is 12.4 Å². The Morgan fingerprint density at radius 2 is 1.61 bits per heavy atom. The van der Waals surface area contributed by atoms with Crippen molar-refractivity contribution < 1.29 is 34.2 Å². The number of rotatable bonds is 16. The second-order valence-electron chi connectivity index (χ2n) is 9.28.